The van der Waals surface area contributed by atoms with E-state index in [9.17, 15) is 4.79 Å². The highest BCUT2D eigenvalue weighted by atomic mass is 79.9. The van der Waals surface area contributed by atoms with Gasteiger partial charge in [0.1, 0.15) is 6.67 Å². The number of hydrogen-bond acceptors (Lipinski definition) is 5. The quantitative estimate of drug-likeness (QED) is 0.625. The van der Waals surface area contributed by atoms with Crippen molar-refractivity contribution in [1.82, 2.24) is 4.90 Å². The largest absolute Gasteiger partial charge is 0.329 e. The van der Waals surface area contributed by atoms with Crippen LogP contribution in [0.4, 0.5) is 5.69 Å². The summed E-state index contributed by atoms with van der Waals surface area (Å²) >= 11 is 4.86. The predicted molar refractivity (Wildman–Crippen MR) is 121 cm³/mol. The van der Waals surface area contributed by atoms with Crippen LogP contribution >= 0.6 is 27.7 Å². The van der Waals surface area contributed by atoms with Crippen LogP contribution in [-0.4, -0.2) is 35.0 Å². The first-order valence-corrected chi connectivity index (χ1v) is 10.5. The third-order valence-corrected chi connectivity index (χ3v) is 5.51. The van der Waals surface area contributed by atoms with Gasteiger partial charge in [0.15, 0.2) is 11.0 Å². The van der Waals surface area contributed by atoms with Gasteiger partial charge in [0, 0.05) is 21.6 Å². The molecular weight excluding hydrogens is 436 g/mol. The zero-order valence-corrected chi connectivity index (χ0v) is 18.0. The molecule has 2 aromatic rings. The second-order valence-corrected chi connectivity index (χ2v) is 8.05. The van der Waals surface area contributed by atoms with E-state index in [4.69, 9.17) is 0 Å². The number of halogens is 1. The van der Waals surface area contributed by atoms with Crippen LogP contribution < -0.4 is 5.32 Å². The molecule has 0 saturated heterocycles. The molecule has 7 heteroatoms. The first kappa shape index (κ1) is 20.4. The Morgan fingerprint density at radius 2 is 1.96 bits per heavy atom. The van der Waals surface area contributed by atoms with Gasteiger partial charge in [0.25, 0.3) is 5.91 Å². The van der Waals surface area contributed by atoms with Gasteiger partial charge < -0.3 is 10.2 Å². The van der Waals surface area contributed by atoms with Crippen molar-refractivity contribution in [3.63, 3.8) is 0 Å². The first-order chi connectivity index (χ1) is 13.6. The van der Waals surface area contributed by atoms with Crippen LogP contribution in [0.3, 0.4) is 0 Å². The van der Waals surface area contributed by atoms with Crippen molar-refractivity contribution >= 4 is 50.3 Å². The highest BCUT2D eigenvalue weighted by molar-refractivity contribution is 9.10. The van der Waals surface area contributed by atoms with Gasteiger partial charge in [-0.3, -0.25) is 4.79 Å². The topological polar surface area (TPSA) is 57.1 Å². The standard InChI is InChI=1S/C21H21BrN4OS/c1-3-13-26-14-23-21(28-18-11-7-16(22)8-12-18)25-19(26)20(27)24-17-9-5-15(4-2)6-10-17/h3,5-12H,1,4,13-14H2,2H3,(H,24,27). The van der Waals surface area contributed by atoms with E-state index < -0.39 is 0 Å². The highest BCUT2D eigenvalue weighted by Gasteiger charge is 2.23. The number of carbonyl (C=O) groups is 1. The maximum atomic E-state index is 12.9. The van der Waals surface area contributed by atoms with E-state index in [1.54, 1.807) is 11.0 Å². The van der Waals surface area contributed by atoms with Gasteiger partial charge in [0.2, 0.25) is 0 Å². The fraction of sp³-hybridized carbons (Fsp3) is 0.190. The Kier molecular flexibility index (Phi) is 7.06. The molecule has 1 aliphatic heterocycles. The molecule has 0 aliphatic carbocycles. The van der Waals surface area contributed by atoms with Crippen LogP contribution in [0.1, 0.15) is 12.5 Å². The minimum Gasteiger partial charge on any atom is -0.329 e. The summed E-state index contributed by atoms with van der Waals surface area (Å²) in [5.41, 5.74) is 1.97. The molecule has 28 heavy (non-hydrogen) atoms. The average Bonchev–Trinajstić information content (AvgIpc) is 2.71. The highest BCUT2D eigenvalue weighted by Crippen LogP contribution is 2.24. The van der Waals surface area contributed by atoms with Gasteiger partial charge in [-0.1, -0.05) is 52.8 Å². The van der Waals surface area contributed by atoms with Gasteiger partial charge in [-0.05, 0) is 48.4 Å². The summed E-state index contributed by atoms with van der Waals surface area (Å²) in [6, 6.07) is 15.7. The number of hydrogen-bond donors (Lipinski definition) is 1. The monoisotopic (exact) mass is 456 g/mol. The number of amides is 1. The number of aliphatic imine (C=N–C) groups is 2. The minimum atomic E-state index is -0.255. The van der Waals surface area contributed by atoms with Crippen molar-refractivity contribution in [3.05, 3.63) is 71.2 Å². The van der Waals surface area contributed by atoms with E-state index in [-0.39, 0.29) is 5.91 Å². The normalized spacial score (nSPS) is 13.6. The van der Waals surface area contributed by atoms with E-state index in [0.29, 0.717) is 24.2 Å². The molecule has 0 saturated carbocycles. The van der Waals surface area contributed by atoms with E-state index in [1.807, 2.05) is 48.5 Å². The summed E-state index contributed by atoms with van der Waals surface area (Å²) in [6.07, 6.45) is 2.70. The molecule has 5 nitrogen and oxygen atoms in total. The van der Waals surface area contributed by atoms with Crippen molar-refractivity contribution in [2.24, 2.45) is 9.98 Å². The van der Waals surface area contributed by atoms with Gasteiger partial charge in [-0.2, -0.15) is 4.99 Å². The molecule has 0 bridgehead atoms. The van der Waals surface area contributed by atoms with E-state index in [1.165, 1.54) is 17.3 Å². The molecule has 1 amide bonds. The number of benzene rings is 2. The Balaban J connectivity index is 1.77. The SMILES string of the molecule is C=CCN1CN=C(Sc2ccc(Br)cc2)N=C1C(=O)Nc1ccc(CC)cc1. The molecule has 1 N–H and O–H groups in total. The zero-order chi connectivity index (χ0) is 19.9. The van der Waals surface area contributed by atoms with Gasteiger partial charge >= 0.3 is 0 Å². The van der Waals surface area contributed by atoms with Crippen molar-refractivity contribution in [2.75, 3.05) is 18.5 Å². The van der Waals surface area contributed by atoms with Crippen LogP contribution in [0.5, 0.6) is 0 Å². The van der Waals surface area contributed by atoms with E-state index in [2.05, 4.69) is 44.7 Å². The average molecular weight is 457 g/mol. The van der Waals surface area contributed by atoms with Gasteiger partial charge in [0.05, 0.1) is 0 Å². The molecule has 0 spiro atoms. The molecule has 1 aliphatic rings. The van der Waals surface area contributed by atoms with Crippen molar-refractivity contribution in [2.45, 2.75) is 18.2 Å². The summed E-state index contributed by atoms with van der Waals surface area (Å²) in [6.45, 7) is 6.73. The third kappa shape index (κ3) is 5.33. The van der Waals surface area contributed by atoms with Gasteiger partial charge in [-0.15, -0.1) is 6.58 Å². The maximum absolute atomic E-state index is 12.9. The minimum absolute atomic E-state index is 0.255. The fourth-order valence-electron chi connectivity index (χ4n) is 2.58. The number of nitrogens with zero attached hydrogens (tertiary/aromatic N) is 3. The van der Waals surface area contributed by atoms with Crippen LogP contribution in [0.25, 0.3) is 0 Å². The molecule has 144 valence electrons. The Morgan fingerprint density at radius 1 is 1.25 bits per heavy atom. The molecule has 0 atom stereocenters. The number of nitrogens with one attached hydrogen (secondary N) is 1. The van der Waals surface area contributed by atoms with Crippen LogP contribution in [0.15, 0.2) is 80.5 Å². The molecular formula is C21H21BrN4OS. The Labute approximate surface area is 177 Å². The van der Waals surface area contributed by atoms with E-state index in [0.717, 1.165) is 21.5 Å². The van der Waals surface area contributed by atoms with Crippen molar-refractivity contribution < 1.29 is 4.79 Å². The van der Waals surface area contributed by atoms with Crippen LogP contribution in [0.2, 0.25) is 0 Å². The number of thioether (sulfide) groups is 1. The zero-order valence-electron chi connectivity index (χ0n) is 15.6. The van der Waals surface area contributed by atoms with Crippen LogP contribution in [-0.2, 0) is 11.2 Å². The third-order valence-electron chi connectivity index (χ3n) is 4.07. The lowest BCUT2D eigenvalue weighted by molar-refractivity contribution is -0.111. The van der Waals surface area contributed by atoms with Crippen molar-refractivity contribution in [1.29, 1.82) is 0 Å². The number of anilines is 1. The lowest BCUT2D eigenvalue weighted by Crippen LogP contribution is -2.42. The van der Waals surface area contributed by atoms with Gasteiger partial charge in [-0.25, -0.2) is 4.99 Å². The lowest BCUT2D eigenvalue weighted by Gasteiger charge is -2.25. The van der Waals surface area contributed by atoms with Crippen LogP contribution in [0, 0.1) is 0 Å². The molecule has 1 heterocycles. The summed E-state index contributed by atoms with van der Waals surface area (Å²) in [5.74, 6) is 0.0870. The Bertz CT molecular complexity index is 907. The molecule has 3 rings (SSSR count). The second kappa shape index (κ2) is 9.71. The lowest BCUT2D eigenvalue weighted by atomic mass is 10.1. The number of amidine groups is 2. The molecule has 0 fully saturated rings. The number of carbonyl (C=O) groups excluding carboxylic acids is 1. The number of rotatable bonds is 6. The summed E-state index contributed by atoms with van der Waals surface area (Å²) in [4.78, 5) is 24.7. The molecule has 0 unspecified atom stereocenters. The Morgan fingerprint density at radius 3 is 2.61 bits per heavy atom. The smallest absolute Gasteiger partial charge is 0.291 e. The molecule has 0 aromatic heterocycles. The summed E-state index contributed by atoms with van der Waals surface area (Å²) in [5, 5.41) is 3.49. The number of aryl methyl sites for hydroxylation is 1. The maximum Gasteiger partial charge on any atom is 0.291 e. The first-order valence-electron chi connectivity index (χ1n) is 8.91. The predicted octanol–water partition coefficient (Wildman–Crippen LogP) is 4.96. The molecule has 0 radical (unpaired) electrons. The second-order valence-electron chi connectivity index (χ2n) is 6.09. The summed E-state index contributed by atoms with van der Waals surface area (Å²) in [7, 11) is 0. The van der Waals surface area contributed by atoms with E-state index >= 15 is 0 Å². The molecule has 2 aromatic carbocycles. The Hall–Kier alpha value is -2.38. The fourth-order valence-corrected chi connectivity index (χ4v) is 3.58. The summed E-state index contributed by atoms with van der Waals surface area (Å²) < 4.78 is 1.01. The van der Waals surface area contributed by atoms with Crippen molar-refractivity contribution in [3.8, 4) is 0 Å².